The lowest BCUT2D eigenvalue weighted by Gasteiger charge is -2.29. The van der Waals surface area contributed by atoms with E-state index in [-0.39, 0.29) is 28.7 Å². The second-order valence-electron chi connectivity index (χ2n) is 8.50. The summed E-state index contributed by atoms with van der Waals surface area (Å²) < 4.78 is 30.3. The molecule has 0 radical (unpaired) electrons. The van der Waals surface area contributed by atoms with E-state index < -0.39 is 33.9 Å². The summed E-state index contributed by atoms with van der Waals surface area (Å²) in [7, 11) is -3.16. The molecule has 2 aromatic rings. The second kappa shape index (κ2) is 9.40. The van der Waals surface area contributed by atoms with Crippen LogP contribution in [0.2, 0.25) is 0 Å². The largest absolute Gasteiger partial charge is 0.448 e. The summed E-state index contributed by atoms with van der Waals surface area (Å²) in [5, 5.41) is 4.95. The predicted octanol–water partition coefficient (Wildman–Crippen LogP) is 1.63. The van der Waals surface area contributed by atoms with Crippen molar-refractivity contribution >= 4 is 32.5 Å². The van der Waals surface area contributed by atoms with E-state index in [9.17, 15) is 22.8 Å². The zero-order chi connectivity index (χ0) is 23.6. The van der Waals surface area contributed by atoms with Gasteiger partial charge in [0.15, 0.2) is 21.6 Å². The van der Waals surface area contributed by atoms with E-state index in [4.69, 9.17) is 4.74 Å². The maximum absolute atomic E-state index is 13.0. The van der Waals surface area contributed by atoms with Crippen LogP contribution in [0.25, 0.3) is 10.8 Å². The number of esters is 1. The summed E-state index contributed by atoms with van der Waals surface area (Å²) in [5.41, 5.74) is -0.332. The first kappa shape index (κ1) is 23.9. The third kappa shape index (κ3) is 5.01. The fourth-order valence-corrected chi connectivity index (χ4v) is 5.70. The van der Waals surface area contributed by atoms with E-state index in [0.717, 1.165) is 0 Å². The van der Waals surface area contributed by atoms with Crippen molar-refractivity contribution in [1.29, 1.82) is 0 Å². The van der Waals surface area contributed by atoms with Crippen LogP contribution >= 0.6 is 0 Å². The van der Waals surface area contributed by atoms with Crippen molar-refractivity contribution in [3.05, 3.63) is 40.3 Å². The molecule has 1 aliphatic rings. The van der Waals surface area contributed by atoms with E-state index in [2.05, 4.69) is 5.10 Å². The van der Waals surface area contributed by atoms with Crippen molar-refractivity contribution in [1.82, 2.24) is 14.7 Å². The van der Waals surface area contributed by atoms with Crippen LogP contribution in [0.1, 0.15) is 44.6 Å². The Morgan fingerprint density at radius 2 is 1.88 bits per heavy atom. The molecule has 9 nitrogen and oxygen atoms in total. The lowest BCUT2D eigenvalue weighted by atomic mass is 10.1. The summed E-state index contributed by atoms with van der Waals surface area (Å²) in [6.45, 7) is 7.72. The van der Waals surface area contributed by atoms with E-state index in [1.54, 1.807) is 31.2 Å². The third-order valence-corrected chi connectivity index (χ3v) is 7.25. The molecule has 1 fully saturated rings. The van der Waals surface area contributed by atoms with E-state index in [1.807, 2.05) is 13.8 Å². The van der Waals surface area contributed by atoms with Gasteiger partial charge in [0.05, 0.1) is 16.9 Å². The lowest BCUT2D eigenvalue weighted by molar-refractivity contribution is -0.141. The highest BCUT2D eigenvalue weighted by Crippen LogP contribution is 2.20. The average Bonchev–Trinajstić information content (AvgIpc) is 3.09. The SMILES string of the molecule is CCN(C(=O)C(C)OC(=O)c1nn(CC(C)C)c(=O)c2ccccc12)C1CCS(=O)(=O)C1. The fourth-order valence-electron chi connectivity index (χ4n) is 3.97. The number of hydrogen-bond donors (Lipinski definition) is 0. The Bertz CT molecular complexity index is 1190. The Hall–Kier alpha value is -2.75. The van der Waals surface area contributed by atoms with Crippen molar-refractivity contribution in [2.24, 2.45) is 5.92 Å². The first-order valence-corrected chi connectivity index (χ1v) is 12.6. The maximum atomic E-state index is 13.0. The minimum Gasteiger partial charge on any atom is -0.448 e. The van der Waals surface area contributed by atoms with Gasteiger partial charge in [0.2, 0.25) is 0 Å². The van der Waals surface area contributed by atoms with Crippen molar-refractivity contribution < 1.29 is 22.7 Å². The number of sulfone groups is 1. The Morgan fingerprint density at radius 3 is 2.44 bits per heavy atom. The van der Waals surface area contributed by atoms with Gasteiger partial charge in [0.25, 0.3) is 11.5 Å². The van der Waals surface area contributed by atoms with Gasteiger partial charge in [0.1, 0.15) is 0 Å². The Kier molecular flexibility index (Phi) is 7.02. The summed E-state index contributed by atoms with van der Waals surface area (Å²) in [5.74, 6) is -1.17. The number of carbonyl (C=O) groups excluding carboxylic acids is 2. The summed E-state index contributed by atoms with van der Waals surface area (Å²) in [6, 6.07) is 6.22. The van der Waals surface area contributed by atoms with Gasteiger partial charge in [-0.05, 0) is 32.3 Å². The molecule has 1 aromatic carbocycles. The minimum atomic E-state index is -3.16. The van der Waals surface area contributed by atoms with Gasteiger partial charge in [-0.1, -0.05) is 32.0 Å². The molecule has 2 heterocycles. The number of fused-ring (bicyclic) bond motifs is 1. The molecule has 32 heavy (non-hydrogen) atoms. The number of carbonyl (C=O) groups is 2. The van der Waals surface area contributed by atoms with Crippen LogP contribution in [0.15, 0.2) is 29.1 Å². The van der Waals surface area contributed by atoms with Gasteiger partial charge in [0, 0.05) is 24.5 Å². The molecule has 3 rings (SSSR count). The van der Waals surface area contributed by atoms with Crippen molar-refractivity contribution in [3.63, 3.8) is 0 Å². The summed E-state index contributed by atoms with van der Waals surface area (Å²) in [6.07, 6.45) is -0.758. The molecule has 10 heteroatoms. The smallest absolute Gasteiger partial charge is 0.360 e. The average molecular weight is 464 g/mol. The molecule has 1 amide bonds. The number of ether oxygens (including phenoxy) is 1. The molecule has 1 aromatic heterocycles. The zero-order valence-electron chi connectivity index (χ0n) is 18.8. The number of hydrogen-bond acceptors (Lipinski definition) is 7. The molecule has 1 aliphatic heterocycles. The van der Waals surface area contributed by atoms with Crippen LogP contribution in [-0.4, -0.2) is 65.2 Å². The highest BCUT2D eigenvalue weighted by atomic mass is 32.2. The highest BCUT2D eigenvalue weighted by Gasteiger charge is 2.36. The quantitative estimate of drug-likeness (QED) is 0.573. The van der Waals surface area contributed by atoms with Gasteiger partial charge < -0.3 is 9.64 Å². The molecular weight excluding hydrogens is 434 g/mol. The molecule has 0 saturated carbocycles. The minimum absolute atomic E-state index is 0.0352. The monoisotopic (exact) mass is 463 g/mol. The van der Waals surface area contributed by atoms with Crippen LogP contribution in [0, 0.1) is 5.92 Å². The number of aromatic nitrogens is 2. The number of rotatable bonds is 7. The van der Waals surface area contributed by atoms with Crippen LogP contribution in [-0.2, 0) is 25.9 Å². The van der Waals surface area contributed by atoms with Crippen LogP contribution in [0.3, 0.4) is 0 Å². The number of likely N-dealkylation sites (N-methyl/N-ethyl adjacent to an activating group) is 1. The molecule has 2 unspecified atom stereocenters. The van der Waals surface area contributed by atoms with E-state index in [0.29, 0.717) is 30.3 Å². The van der Waals surface area contributed by atoms with Gasteiger partial charge >= 0.3 is 5.97 Å². The summed E-state index contributed by atoms with van der Waals surface area (Å²) in [4.78, 5) is 40.1. The second-order valence-corrected chi connectivity index (χ2v) is 10.7. The van der Waals surface area contributed by atoms with E-state index >= 15 is 0 Å². The molecule has 0 N–H and O–H groups in total. The van der Waals surface area contributed by atoms with Gasteiger partial charge in [-0.2, -0.15) is 5.10 Å². The first-order valence-electron chi connectivity index (χ1n) is 10.8. The van der Waals surface area contributed by atoms with Crippen LogP contribution in [0.5, 0.6) is 0 Å². The highest BCUT2D eigenvalue weighted by molar-refractivity contribution is 7.91. The normalized spacial score (nSPS) is 18.6. The van der Waals surface area contributed by atoms with E-state index in [1.165, 1.54) is 16.5 Å². The van der Waals surface area contributed by atoms with Crippen molar-refractivity contribution in [2.45, 2.75) is 52.8 Å². The van der Waals surface area contributed by atoms with Gasteiger partial charge in [-0.3, -0.25) is 9.59 Å². The molecule has 0 aliphatic carbocycles. The summed E-state index contributed by atoms with van der Waals surface area (Å²) >= 11 is 0. The topological polar surface area (TPSA) is 116 Å². The molecule has 174 valence electrons. The zero-order valence-corrected chi connectivity index (χ0v) is 19.6. The van der Waals surface area contributed by atoms with Crippen LogP contribution in [0.4, 0.5) is 0 Å². The first-order chi connectivity index (χ1) is 15.0. The molecular formula is C22H29N3O6S. The number of amides is 1. The Morgan fingerprint density at radius 1 is 1.22 bits per heavy atom. The van der Waals surface area contributed by atoms with Gasteiger partial charge in [-0.25, -0.2) is 17.9 Å². The van der Waals surface area contributed by atoms with Gasteiger partial charge in [-0.15, -0.1) is 0 Å². The standard InChI is InChI=1S/C22H29N3O6S/c1-5-24(16-10-11-32(29,30)13-16)20(26)15(4)31-22(28)19-17-8-6-7-9-18(17)21(27)25(23-19)12-14(2)3/h6-9,14-16H,5,10-13H2,1-4H3. The molecule has 0 bridgehead atoms. The third-order valence-electron chi connectivity index (χ3n) is 5.50. The number of benzene rings is 1. The predicted molar refractivity (Wildman–Crippen MR) is 120 cm³/mol. The Labute approximate surface area is 187 Å². The fraction of sp³-hybridized carbons (Fsp3) is 0.545. The number of nitrogens with zero attached hydrogens (tertiary/aromatic N) is 3. The molecule has 1 saturated heterocycles. The lowest BCUT2D eigenvalue weighted by Crippen LogP contribution is -2.46. The van der Waals surface area contributed by atoms with Crippen LogP contribution < -0.4 is 5.56 Å². The van der Waals surface area contributed by atoms with Crippen molar-refractivity contribution in [3.8, 4) is 0 Å². The Balaban J connectivity index is 1.87. The molecule has 0 spiro atoms. The molecule has 2 atom stereocenters. The maximum Gasteiger partial charge on any atom is 0.360 e. The van der Waals surface area contributed by atoms with Crippen molar-refractivity contribution in [2.75, 3.05) is 18.1 Å².